The molecule has 0 atom stereocenters. The first kappa shape index (κ1) is 18.7. The van der Waals surface area contributed by atoms with Gasteiger partial charge >= 0.3 is 0 Å². The van der Waals surface area contributed by atoms with Crippen molar-refractivity contribution in [3.63, 3.8) is 0 Å². The molecule has 2 fully saturated rings. The molecule has 2 N–H and O–H groups in total. The number of carbonyl (C=O) groups excluding carboxylic acids is 1. The van der Waals surface area contributed by atoms with Gasteiger partial charge < -0.3 is 20.3 Å². The van der Waals surface area contributed by atoms with Crippen molar-refractivity contribution in [2.75, 3.05) is 46.4 Å². The van der Waals surface area contributed by atoms with Gasteiger partial charge in [-0.3, -0.25) is 4.79 Å². The molecule has 0 aliphatic carbocycles. The summed E-state index contributed by atoms with van der Waals surface area (Å²) in [5.74, 6) is 1.48. The van der Waals surface area contributed by atoms with E-state index in [4.69, 9.17) is 4.74 Å². The van der Waals surface area contributed by atoms with Gasteiger partial charge in [-0.25, -0.2) is 0 Å². The third-order valence-corrected chi connectivity index (χ3v) is 5.50. The van der Waals surface area contributed by atoms with E-state index in [1.165, 1.54) is 38.9 Å². The third-order valence-electron chi connectivity index (χ3n) is 5.50. The third kappa shape index (κ3) is 5.44. The zero-order valence-electron chi connectivity index (χ0n) is 15.2. The van der Waals surface area contributed by atoms with E-state index in [0.717, 1.165) is 38.4 Å². The fraction of sp³-hybridized carbons (Fsp3) is 0.944. The number of carbonyl (C=O) groups is 1. The zero-order chi connectivity index (χ0) is 16.7. The van der Waals surface area contributed by atoms with Crippen LogP contribution in [0.25, 0.3) is 0 Å². The minimum Gasteiger partial charge on any atom is -0.368 e. The summed E-state index contributed by atoms with van der Waals surface area (Å²) in [6.07, 6.45) is 5.21. The first-order valence-electron chi connectivity index (χ1n) is 9.32. The van der Waals surface area contributed by atoms with Gasteiger partial charge in [0.05, 0.1) is 0 Å². The quantitative estimate of drug-likeness (QED) is 0.747. The molecule has 0 unspecified atom stereocenters. The summed E-state index contributed by atoms with van der Waals surface area (Å²) in [4.78, 5) is 15.1. The van der Waals surface area contributed by atoms with E-state index < -0.39 is 5.60 Å². The van der Waals surface area contributed by atoms with Crippen LogP contribution in [0.1, 0.15) is 46.0 Å². The van der Waals surface area contributed by atoms with Crippen LogP contribution >= 0.6 is 0 Å². The smallest absolute Gasteiger partial charge is 0.252 e. The SMILES string of the molecule is COC1(C(=O)NCC2CCN(CCC(C)C)CC2)CCNCC1. The highest BCUT2D eigenvalue weighted by molar-refractivity contribution is 5.85. The minimum atomic E-state index is -0.608. The summed E-state index contributed by atoms with van der Waals surface area (Å²) in [6, 6.07) is 0. The van der Waals surface area contributed by atoms with Gasteiger partial charge in [0.25, 0.3) is 5.91 Å². The molecule has 0 aromatic heterocycles. The molecular formula is C18H35N3O2. The summed E-state index contributed by atoms with van der Waals surface area (Å²) in [5, 5.41) is 6.46. The Bertz CT molecular complexity index is 359. The lowest BCUT2D eigenvalue weighted by molar-refractivity contribution is -0.147. The second-order valence-corrected chi connectivity index (χ2v) is 7.63. The topological polar surface area (TPSA) is 53.6 Å². The van der Waals surface area contributed by atoms with Crippen molar-refractivity contribution < 1.29 is 9.53 Å². The Morgan fingerprint density at radius 2 is 1.96 bits per heavy atom. The van der Waals surface area contributed by atoms with Crippen LogP contribution in [0.2, 0.25) is 0 Å². The van der Waals surface area contributed by atoms with Crippen LogP contribution in [0.15, 0.2) is 0 Å². The highest BCUT2D eigenvalue weighted by Crippen LogP contribution is 2.23. The van der Waals surface area contributed by atoms with Crippen LogP contribution in [0.5, 0.6) is 0 Å². The number of hydrogen-bond donors (Lipinski definition) is 2. The van der Waals surface area contributed by atoms with Crippen molar-refractivity contribution in [3.8, 4) is 0 Å². The Hall–Kier alpha value is -0.650. The van der Waals surface area contributed by atoms with E-state index in [9.17, 15) is 4.79 Å². The number of amides is 1. The molecule has 0 bridgehead atoms. The molecule has 2 rings (SSSR count). The Balaban J connectivity index is 1.69. The van der Waals surface area contributed by atoms with Gasteiger partial charge in [0.1, 0.15) is 5.60 Å². The largest absolute Gasteiger partial charge is 0.368 e. The van der Waals surface area contributed by atoms with E-state index in [0.29, 0.717) is 5.92 Å². The molecule has 0 aromatic carbocycles. The molecule has 0 aromatic rings. The molecule has 5 nitrogen and oxygen atoms in total. The van der Waals surface area contributed by atoms with Crippen molar-refractivity contribution in [1.82, 2.24) is 15.5 Å². The standard InChI is InChI=1S/C18H35N3O2/c1-15(2)4-11-21-12-5-16(6-13-21)14-20-17(22)18(23-3)7-9-19-10-8-18/h15-16,19H,4-14H2,1-3H3,(H,20,22). The maximum Gasteiger partial charge on any atom is 0.252 e. The summed E-state index contributed by atoms with van der Waals surface area (Å²) >= 11 is 0. The predicted octanol–water partition coefficient (Wildman–Crippen LogP) is 1.63. The van der Waals surface area contributed by atoms with Crippen LogP contribution in [0.4, 0.5) is 0 Å². The lowest BCUT2D eigenvalue weighted by Gasteiger charge is -2.36. The monoisotopic (exact) mass is 325 g/mol. The fourth-order valence-electron chi connectivity index (χ4n) is 3.61. The van der Waals surface area contributed by atoms with Gasteiger partial charge in [0.15, 0.2) is 0 Å². The molecule has 0 spiro atoms. The average Bonchev–Trinajstić information content (AvgIpc) is 2.59. The molecular weight excluding hydrogens is 290 g/mol. The molecule has 0 radical (unpaired) electrons. The summed E-state index contributed by atoms with van der Waals surface area (Å²) in [6.45, 7) is 10.7. The second-order valence-electron chi connectivity index (χ2n) is 7.63. The number of methoxy groups -OCH3 is 1. The number of likely N-dealkylation sites (tertiary alicyclic amines) is 1. The van der Waals surface area contributed by atoms with Crippen molar-refractivity contribution in [3.05, 3.63) is 0 Å². The van der Waals surface area contributed by atoms with Crippen molar-refractivity contribution in [1.29, 1.82) is 0 Å². The number of hydrogen-bond acceptors (Lipinski definition) is 4. The van der Waals surface area contributed by atoms with Crippen molar-refractivity contribution >= 4 is 5.91 Å². The lowest BCUT2D eigenvalue weighted by Crippen LogP contribution is -2.55. The Labute approximate surface area is 141 Å². The van der Waals surface area contributed by atoms with Crippen LogP contribution in [0, 0.1) is 11.8 Å². The Morgan fingerprint density at radius 1 is 1.30 bits per heavy atom. The fourth-order valence-corrected chi connectivity index (χ4v) is 3.61. The number of rotatable bonds is 7. The number of nitrogens with zero attached hydrogens (tertiary/aromatic N) is 1. The van der Waals surface area contributed by atoms with Crippen molar-refractivity contribution in [2.24, 2.45) is 11.8 Å². The molecule has 2 heterocycles. The Kier molecular flexibility index (Phi) is 7.31. The molecule has 5 heteroatoms. The highest BCUT2D eigenvalue weighted by atomic mass is 16.5. The summed E-state index contributed by atoms with van der Waals surface area (Å²) in [5.41, 5.74) is -0.608. The second kappa shape index (κ2) is 9.00. The Morgan fingerprint density at radius 3 is 2.52 bits per heavy atom. The average molecular weight is 325 g/mol. The number of ether oxygens (including phenoxy) is 1. The molecule has 134 valence electrons. The van der Waals surface area contributed by atoms with E-state index in [2.05, 4.69) is 29.4 Å². The first-order valence-corrected chi connectivity index (χ1v) is 9.32. The molecule has 23 heavy (non-hydrogen) atoms. The highest BCUT2D eigenvalue weighted by Gasteiger charge is 2.39. The van der Waals surface area contributed by atoms with Gasteiger partial charge in [0.2, 0.25) is 0 Å². The predicted molar refractivity (Wildman–Crippen MR) is 93.5 cm³/mol. The van der Waals surface area contributed by atoms with Gasteiger partial charge in [0, 0.05) is 13.7 Å². The molecule has 2 saturated heterocycles. The lowest BCUT2D eigenvalue weighted by atomic mass is 9.90. The molecule has 2 aliphatic rings. The summed E-state index contributed by atoms with van der Waals surface area (Å²) < 4.78 is 5.59. The zero-order valence-corrected chi connectivity index (χ0v) is 15.2. The number of nitrogens with one attached hydrogen (secondary N) is 2. The summed E-state index contributed by atoms with van der Waals surface area (Å²) in [7, 11) is 1.66. The molecule has 2 aliphatic heterocycles. The minimum absolute atomic E-state index is 0.0868. The number of piperidine rings is 2. The van der Waals surface area contributed by atoms with Gasteiger partial charge in [-0.15, -0.1) is 0 Å². The maximum absolute atomic E-state index is 12.6. The van der Waals surface area contributed by atoms with E-state index in [1.807, 2.05) is 0 Å². The van der Waals surface area contributed by atoms with E-state index in [-0.39, 0.29) is 5.91 Å². The molecule has 0 saturated carbocycles. The van der Waals surface area contributed by atoms with Crippen LogP contribution in [-0.2, 0) is 9.53 Å². The molecule has 1 amide bonds. The van der Waals surface area contributed by atoms with Gasteiger partial charge in [-0.2, -0.15) is 0 Å². The van der Waals surface area contributed by atoms with E-state index >= 15 is 0 Å². The normalized spacial score (nSPS) is 23.1. The van der Waals surface area contributed by atoms with E-state index in [1.54, 1.807) is 7.11 Å². The van der Waals surface area contributed by atoms with Gasteiger partial charge in [-0.1, -0.05) is 13.8 Å². The van der Waals surface area contributed by atoms with Gasteiger partial charge in [-0.05, 0) is 76.7 Å². The van der Waals surface area contributed by atoms with Crippen LogP contribution < -0.4 is 10.6 Å². The van der Waals surface area contributed by atoms with Crippen molar-refractivity contribution in [2.45, 2.75) is 51.6 Å². The first-order chi connectivity index (χ1) is 11.1. The maximum atomic E-state index is 12.6. The van der Waals surface area contributed by atoms with Crippen LogP contribution in [0.3, 0.4) is 0 Å². The van der Waals surface area contributed by atoms with Crippen LogP contribution in [-0.4, -0.2) is 62.8 Å².